The second kappa shape index (κ2) is 10.9. The fourth-order valence-corrected chi connectivity index (χ4v) is 4.43. The van der Waals surface area contributed by atoms with Crippen LogP contribution in [0.3, 0.4) is 0 Å². The zero-order valence-corrected chi connectivity index (χ0v) is 16.8. The first-order valence-electron chi connectivity index (χ1n) is 7.93. The van der Waals surface area contributed by atoms with Crippen molar-refractivity contribution < 1.29 is 13.8 Å². The van der Waals surface area contributed by atoms with Gasteiger partial charge < -0.3 is 11.5 Å². The molecule has 2 amide bonds. The van der Waals surface area contributed by atoms with Gasteiger partial charge in [0, 0.05) is 11.8 Å². The normalized spacial score (nSPS) is 13.5. The highest BCUT2D eigenvalue weighted by molar-refractivity contribution is 7.87. The van der Waals surface area contributed by atoms with Gasteiger partial charge in [0.25, 0.3) is 5.91 Å². The van der Waals surface area contributed by atoms with Crippen LogP contribution in [0.2, 0.25) is 5.02 Å². The first-order chi connectivity index (χ1) is 11.7. The Kier molecular flexibility index (Phi) is 9.58. The van der Waals surface area contributed by atoms with Crippen molar-refractivity contribution in [2.75, 3.05) is 12.4 Å². The molecule has 0 bridgehead atoms. The van der Waals surface area contributed by atoms with Gasteiger partial charge in [0.15, 0.2) is 0 Å². The van der Waals surface area contributed by atoms with Crippen LogP contribution in [0.5, 0.6) is 0 Å². The van der Waals surface area contributed by atoms with Crippen LogP contribution < -0.4 is 16.9 Å². The lowest BCUT2D eigenvalue weighted by molar-refractivity contribution is -0.141. The monoisotopic (exact) mass is 408 g/mol. The number of rotatable bonds is 9. The largest absolute Gasteiger partial charge is 0.330 e. The van der Waals surface area contributed by atoms with E-state index in [1.54, 1.807) is 11.4 Å². The first kappa shape index (κ1) is 22.0. The van der Waals surface area contributed by atoms with E-state index >= 15 is 0 Å². The molecule has 5 N–H and O–H groups in total. The molecule has 1 aromatic rings. The number of thiophene rings is 1. The molecule has 0 aromatic carbocycles. The van der Waals surface area contributed by atoms with Crippen molar-refractivity contribution in [1.82, 2.24) is 10.4 Å². The van der Waals surface area contributed by atoms with Crippen LogP contribution in [0.15, 0.2) is 15.7 Å². The minimum atomic E-state index is -1.52. The summed E-state index contributed by atoms with van der Waals surface area (Å²) < 4.78 is 13.0. The van der Waals surface area contributed by atoms with Gasteiger partial charge in [-0.15, -0.1) is 11.3 Å². The molecule has 7 nitrogen and oxygen atoms in total. The number of carbonyl (C=O) groups is 2. The minimum Gasteiger partial charge on any atom is -0.330 e. The summed E-state index contributed by atoms with van der Waals surface area (Å²) in [6.45, 7) is 4.26. The van der Waals surface area contributed by atoms with E-state index < -0.39 is 22.7 Å². The quantitative estimate of drug-likeness (QED) is 0.534. The number of halogens is 1. The molecule has 0 fully saturated rings. The standard InChI is InChI=1S/C15H25ClN4O3S2/c1-10(2)6-12(18)15(22)20(19-13(21)4-3-5-17)9-25(23)14-7-11(16)8-24-14/h7-8,10,12H,3-6,9,17-18H2,1-2H3,(H,19,21)/t12-,25-/m0/s1. The highest BCUT2D eigenvalue weighted by Crippen LogP contribution is 2.22. The number of nitrogens with zero attached hydrogens (tertiary/aromatic N) is 1. The Hall–Kier alpha value is -1.00. The fourth-order valence-electron chi connectivity index (χ4n) is 2.02. The van der Waals surface area contributed by atoms with Crippen molar-refractivity contribution in [3.63, 3.8) is 0 Å². The molecule has 1 rings (SSSR count). The van der Waals surface area contributed by atoms with Crippen LogP contribution in [0.4, 0.5) is 0 Å². The summed E-state index contributed by atoms with van der Waals surface area (Å²) in [6, 6.07) is 0.800. The lowest BCUT2D eigenvalue weighted by atomic mass is 10.0. The van der Waals surface area contributed by atoms with Crippen LogP contribution >= 0.6 is 22.9 Å². The molecule has 1 aromatic heterocycles. The van der Waals surface area contributed by atoms with E-state index in [1.807, 2.05) is 13.8 Å². The molecule has 0 aliphatic heterocycles. The molecule has 25 heavy (non-hydrogen) atoms. The highest BCUT2D eigenvalue weighted by Gasteiger charge is 2.25. The SMILES string of the molecule is CC(C)C[C@H](N)C(=O)N(C[S@](=O)c1cc(Cl)cs1)NC(=O)CCCN. The molecule has 0 aliphatic rings. The van der Waals surface area contributed by atoms with Crippen LogP contribution in [-0.4, -0.2) is 39.5 Å². The zero-order chi connectivity index (χ0) is 19.0. The summed E-state index contributed by atoms with van der Waals surface area (Å²) in [5.41, 5.74) is 13.8. The maximum absolute atomic E-state index is 12.6. The summed E-state index contributed by atoms with van der Waals surface area (Å²) in [7, 11) is -1.52. The van der Waals surface area contributed by atoms with Crippen LogP contribution in [-0.2, 0) is 20.4 Å². The molecule has 0 aliphatic carbocycles. The van der Waals surface area contributed by atoms with Gasteiger partial charge in [-0.3, -0.25) is 19.2 Å². The van der Waals surface area contributed by atoms with Gasteiger partial charge in [-0.2, -0.15) is 0 Å². The third-order valence-corrected chi connectivity index (χ3v) is 6.17. The van der Waals surface area contributed by atoms with Crippen molar-refractivity contribution in [3.8, 4) is 0 Å². The number of carbonyl (C=O) groups excluding carboxylic acids is 2. The second-order valence-corrected chi connectivity index (χ2v) is 8.98. The fraction of sp³-hybridized carbons (Fsp3) is 0.600. The van der Waals surface area contributed by atoms with E-state index in [0.29, 0.717) is 28.6 Å². The summed E-state index contributed by atoms with van der Waals surface area (Å²) in [5, 5.41) is 3.19. The maximum Gasteiger partial charge on any atom is 0.258 e. The third-order valence-electron chi connectivity index (χ3n) is 3.19. The van der Waals surface area contributed by atoms with Gasteiger partial charge in [-0.1, -0.05) is 25.4 Å². The van der Waals surface area contributed by atoms with E-state index in [4.69, 9.17) is 23.1 Å². The average molecular weight is 409 g/mol. The van der Waals surface area contributed by atoms with Gasteiger partial charge in [0.05, 0.1) is 26.1 Å². The molecule has 0 spiro atoms. The molecule has 142 valence electrons. The predicted molar refractivity (Wildman–Crippen MR) is 101 cm³/mol. The van der Waals surface area contributed by atoms with Gasteiger partial charge in [0.1, 0.15) is 5.88 Å². The predicted octanol–water partition coefficient (Wildman–Crippen LogP) is 1.44. The van der Waals surface area contributed by atoms with E-state index in [2.05, 4.69) is 5.43 Å². The molecule has 0 radical (unpaired) electrons. The number of hydrogen-bond donors (Lipinski definition) is 3. The Morgan fingerprint density at radius 2 is 2.12 bits per heavy atom. The van der Waals surface area contributed by atoms with Crippen molar-refractivity contribution >= 4 is 45.6 Å². The Morgan fingerprint density at radius 3 is 2.64 bits per heavy atom. The van der Waals surface area contributed by atoms with E-state index in [9.17, 15) is 13.8 Å². The molecule has 0 saturated heterocycles. The molecule has 10 heteroatoms. The molecule has 0 unspecified atom stereocenters. The summed E-state index contributed by atoms with van der Waals surface area (Å²) in [5.74, 6) is -0.798. The minimum absolute atomic E-state index is 0.178. The van der Waals surface area contributed by atoms with Crippen molar-refractivity contribution in [3.05, 3.63) is 16.5 Å². The van der Waals surface area contributed by atoms with Crippen LogP contribution in [0.1, 0.15) is 33.1 Å². The Bertz CT molecular complexity index is 609. The Morgan fingerprint density at radius 1 is 1.44 bits per heavy atom. The number of amides is 2. The molecular formula is C15H25ClN4O3S2. The number of hydrogen-bond acceptors (Lipinski definition) is 6. The Labute approximate surface area is 159 Å². The highest BCUT2D eigenvalue weighted by atomic mass is 35.5. The van der Waals surface area contributed by atoms with Crippen LogP contribution in [0.25, 0.3) is 0 Å². The number of nitrogens with one attached hydrogen (secondary N) is 1. The zero-order valence-electron chi connectivity index (χ0n) is 14.4. The molecule has 0 saturated carbocycles. The van der Waals surface area contributed by atoms with E-state index in [0.717, 1.165) is 5.01 Å². The lowest BCUT2D eigenvalue weighted by Crippen LogP contribution is -2.53. The Balaban J connectivity index is 2.84. The number of nitrogens with two attached hydrogens (primary N) is 2. The van der Waals surface area contributed by atoms with Crippen molar-refractivity contribution in [1.29, 1.82) is 0 Å². The average Bonchev–Trinajstić information content (AvgIpc) is 2.97. The second-order valence-electron chi connectivity index (χ2n) is 5.99. The van der Waals surface area contributed by atoms with E-state index in [1.165, 1.54) is 11.3 Å². The van der Waals surface area contributed by atoms with Crippen molar-refractivity contribution in [2.24, 2.45) is 17.4 Å². The topological polar surface area (TPSA) is 119 Å². The summed E-state index contributed by atoms with van der Waals surface area (Å²) in [6.07, 6.45) is 1.14. The van der Waals surface area contributed by atoms with Crippen molar-refractivity contribution in [2.45, 2.75) is 43.4 Å². The van der Waals surface area contributed by atoms with Gasteiger partial charge in [0.2, 0.25) is 5.91 Å². The molecular weight excluding hydrogens is 384 g/mol. The molecule has 2 atom stereocenters. The summed E-state index contributed by atoms with van der Waals surface area (Å²) in [4.78, 5) is 24.5. The van der Waals surface area contributed by atoms with Crippen LogP contribution in [0, 0.1) is 5.92 Å². The van der Waals surface area contributed by atoms with Gasteiger partial charge in [-0.05, 0) is 31.4 Å². The molecule has 1 heterocycles. The third kappa shape index (κ3) is 7.83. The van der Waals surface area contributed by atoms with Gasteiger partial charge in [-0.25, -0.2) is 5.01 Å². The maximum atomic E-state index is 12.6. The lowest BCUT2D eigenvalue weighted by Gasteiger charge is -2.26. The number of hydrazine groups is 1. The summed E-state index contributed by atoms with van der Waals surface area (Å²) >= 11 is 7.08. The van der Waals surface area contributed by atoms with E-state index in [-0.39, 0.29) is 24.1 Å². The smallest absolute Gasteiger partial charge is 0.258 e. The van der Waals surface area contributed by atoms with Gasteiger partial charge >= 0.3 is 0 Å². The first-order valence-corrected chi connectivity index (χ1v) is 10.5.